The molecular formula is C45H55F2N11O5. The third-order valence-corrected chi connectivity index (χ3v) is 14.5. The molecule has 2 bridgehead atoms. The number of halogens is 2. The monoisotopic (exact) mass is 867 g/mol. The Hall–Kier alpha value is -5.36. The second kappa shape index (κ2) is 17.3. The predicted molar refractivity (Wildman–Crippen MR) is 231 cm³/mol. The Labute approximate surface area is 363 Å². The number of alkyl halides is 2. The van der Waals surface area contributed by atoms with Crippen LogP contribution in [-0.2, 0) is 27.8 Å². The van der Waals surface area contributed by atoms with Crippen molar-refractivity contribution in [2.75, 3.05) is 37.6 Å². The Morgan fingerprint density at radius 1 is 0.952 bits per heavy atom. The molecule has 18 heteroatoms. The van der Waals surface area contributed by atoms with Crippen LogP contribution in [0.5, 0.6) is 0 Å². The fraction of sp³-hybridized carbons (Fsp3) is 0.600. The van der Waals surface area contributed by atoms with Crippen molar-refractivity contribution in [2.24, 2.45) is 34.8 Å². The molecule has 2 N–H and O–H groups in total. The molecule has 1 aliphatic carbocycles. The van der Waals surface area contributed by atoms with Crippen LogP contribution in [0.25, 0.3) is 16.7 Å². The van der Waals surface area contributed by atoms with Crippen LogP contribution >= 0.6 is 0 Å². The molecule has 3 amide bonds. The van der Waals surface area contributed by atoms with Crippen LogP contribution in [-0.4, -0.2) is 115 Å². The van der Waals surface area contributed by atoms with E-state index in [0.717, 1.165) is 126 Å². The number of imide groups is 1. The second-order valence-electron chi connectivity index (χ2n) is 18.5. The number of benzene rings is 1. The first-order valence-corrected chi connectivity index (χ1v) is 22.8. The largest absolute Gasteiger partial charge is 0.371 e. The van der Waals surface area contributed by atoms with E-state index in [1.165, 1.54) is 10.7 Å². The SMILES string of the molecule is Cn1c(=O)n(C2CCC(=O)NC2=O)c2cccc(CCCC3CCN(C[C@H]4CC[C@H](C5N=C(NC(=O)c6cnn7ccc(N8C[C@H]9CC[C@@H](C8)O9)nc67)C(C(F)F)=N5)CC4)CC3)c21. The van der Waals surface area contributed by atoms with Crippen molar-refractivity contribution in [3.8, 4) is 0 Å². The van der Waals surface area contributed by atoms with E-state index in [4.69, 9.17) is 9.72 Å². The molecule has 8 heterocycles. The molecule has 4 atom stereocenters. The maximum atomic E-state index is 14.3. The maximum Gasteiger partial charge on any atom is 0.329 e. The number of morpholine rings is 1. The van der Waals surface area contributed by atoms with E-state index < -0.39 is 36.2 Å². The van der Waals surface area contributed by atoms with Gasteiger partial charge >= 0.3 is 5.69 Å². The van der Waals surface area contributed by atoms with Gasteiger partial charge in [0.25, 0.3) is 12.3 Å². The number of carbonyl (C=O) groups is 3. The van der Waals surface area contributed by atoms with Crippen LogP contribution in [0, 0.1) is 17.8 Å². The van der Waals surface area contributed by atoms with Crippen LogP contribution in [0.2, 0.25) is 0 Å². The number of hydrogen-bond acceptors (Lipinski definition) is 11. The van der Waals surface area contributed by atoms with Crippen molar-refractivity contribution in [2.45, 2.75) is 114 Å². The molecule has 334 valence electrons. The number of hydrogen-bond donors (Lipinski definition) is 2. The van der Waals surface area contributed by atoms with Gasteiger partial charge in [-0.2, -0.15) is 5.10 Å². The Kier molecular flexibility index (Phi) is 11.4. The number of fused-ring (bicyclic) bond motifs is 4. The number of rotatable bonds is 11. The van der Waals surface area contributed by atoms with E-state index in [9.17, 15) is 28.0 Å². The molecular weight excluding hydrogens is 813 g/mol. The van der Waals surface area contributed by atoms with Gasteiger partial charge in [0.2, 0.25) is 11.8 Å². The molecule has 5 aliphatic heterocycles. The van der Waals surface area contributed by atoms with Gasteiger partial charge in [0.15, 0.2) is 11.5 Å². The summed E-state index contributed by atoms with van der Waals surface area (Å²) in [6, 6.07) is 7.08. The van der Waals surface area contributed by atoms with Crippen LogP contribution < -0.4 is 21.2 Å². The third-order valence-electron chi connectivity index (χ3n) is 14.5. The number of likely N-dealkylation sites (tertiary alicyclic amines) is 1. The van der Waals surface area contributed by atoms with E-state index in [2.05, 4.69) is 41.6 Å². The van der Waals surface area contributed by atoms with Gasteiger partial charge in [-0.25, -0.2) is 28.1 Å². The first-order chi connectivity index (χ1) is 30.6. The number of piperidine rings is 2. The standard InChI is InChI=1S/C45H55F2N11O5/c1-54-38-28(6-3-7-33(38)58(45(54)62)34-14-15-36(59)50-44(34)61)5-2-4-26-16-19-55(20-17-26)23-27-8-10-29(11-9-27)40-51-37(39(46)47)41(52-40)53-43(60)32-22-48-57-21-18-35(49-42(32)57)56-24-30-12-13-31(25-56)63-30/h3,6-7,18,21-22,26-27,29-31,34,39-40H,2,4-5,8-17,19-20,23-25H2,1H3,(H,50,59,61)(H,52,53,60)/t27-,29-,30-,31+,34?,40?. The number of amidine groups is 1. The summed E-state index contributed by atoms with van der Waals surface area (Å²) in [6.45, 7) is 4.59. The number of aliphatic imine (C=N–C) groups is 2. The molecule has 0 spiro atoms. The molecule has 6 aliphatic rings. The summed E-state index contributed by atoms with van der Waals surface area (Å²) >= 11 is 0. The molecule has 5 fully saturated rings. The van der Waals surface area contributed by atoms with Crippen molar-refractivity contribution in [3.05, 3.63) is 58.3 Å². The molecule has 4 aromatic rings. The lowest BCUT2D eigenvalue weighted by atomic mass is 9.80. The Morgan fingerprint density at radius 2 is 1.73 bits per heavy atom. The molecule has 63 heavy (non-hydrogen) atoms. The van der Waals surface area contributed by atoms with Crippen LogP contribution in [0.1, 0.15) is 99.0 Å². The van der Waals surface area contributed by atoms with E-state index >= 15 is 0 Å². The summed E-state index contributed by atoms with van der Waals surface area (Å²) < 4.78 is 39.3. The van der Waals surface area contributed by atoms with Crippen molar-refractivity contribution in [3.63, 3.8) is 0 Å². The van der Waals surface area contributed by atoms with Crippen LogP contribution in [0.4, 0.5) is 14.6 Å². The van der Waals surface area contributed by atoms with E-state index in [0.29, 0.717) is 23.9 Å². The molecule has 0 radical (unpaired) electrons. The summed E-state index contributed by atoms with van der Waals surface area (Å²) in [7, 11) is 1.75. The second-order valence-corrected chi connectivity index (χ2v) is 18.5. The molecule has 4 saturated heterocycles. The fourth-order valence-electron chi connectivity index (χ4n) is 11.1. The molecule has 10 rings (SSSR count). The average Bonchev–Trinajstić information content (AvgIpc) is 4.05. The van der Waals surface area contributed by atoms with Crippen LogP contribution in [0.3, 0.4) is 0 Å². The number of amides is 3. The highest BCUT2D eigenvalue weighted by Crippen LogP contribution is 2.36. The van der Waals surface area contributed by atoms with Crippen molar-refractivity contribution in [1.29, 1.82) is 0 Å². The van der Waals surface area contributed by atoms with Gasteiger partial charge in [-0.1, -0.05) is 18.6 Å². The minimum atomic E-state index is -2.87. The number of nitrogens with one attached hydrogen (secondary N) is 2. The smallest absolute Gasteiger partial charge is 0.329 e. The Bertz CT molecular complexity index is 2520. The van der Waals surface area contributed by atoms with Gasteiger partial charge in [-0.15, -0.1) is 0 Å². The van der Waals surface area contributed by atoms with E-state index in [1.54, 1.807) is 22.4 Å². The lowest BCUT2D eigenvalue weighted by Crippen LogP contribution is -2.44. The normalized spacial score (nSPS) is 27.1. The third kappa shape index (κ3) is 8.31. The lowest BCUT2D eigenvalue weighted by Gasteiger charge is -2.37. The predicted octanol–water partition coefficient (Wildman–Crippen LogP) is 4.44. The summed E-state index contributed by atoms with van der Waals surface area (Å²) in [4.78, 5) is 69.8. The van der Waals surface area contributed by atoms with Gasteiger partial charge in [-0.05, 0) is 113 Å². The number of nitrogens with zero attached hydrogens (tertiary/aromatic N) is 9. The van der Waals surface area contributed by atoms with Crippen LogP contribution in [0.15, 0.2) is 51.4 Å². The van der Waals surface area contributed by atoms with Crippen molar-refractivity contribution in [1.82, 2.24) is 39.3 Å². The number of aryl methyl sites for hydroxylation is 2. The zero-order valence-electron chi connectivity index (χ0n) is 35.6. The van der Waals surface area contributed by atoms with Crippen molar-refractivity contribution >= 4 is 51.8 Å². The molecule has 1 saturated carbocycles. The van der Waals surface area contributed by atoms with Gasteiger partial charge in [-0.3, -0.25) is 33.8 Å². The topological polar surface area (TPSA) is 173 Å². The fourth-order valence-corrected chi connectivity index (χ4v) is 11.1. The summed E-state index contributed by atoms with van der Waals surface area (Å²) in [5.74, 6) is 0.428. The van der Waals surface area contributed by atoms with E-state index in [1.807, 2.05) is 18.2 Å². The number of para-hydroxylation sites is 1. The van der Waals surface area contributed by atoms with E-state index in [-0.39, 0.29) is 47.5 Å². The highest BCUT2D eigenvalue weighted by molar-refractivity contribution is 6.46. The highest BCUT2D eigenvalue weighted by atomic mass is 19.3. The van der Waals surface area contributed by atoms with Crippen molar-refractivity contribution < 1.29 is 27.9 Å². The quantitative estimate of drug-likeness (QED) is 0.207. The first kappa shape index (κ1) is 41.6. The van der Waals surface area contributed by atoms with Gasteiger partial charge in [0.1, 0.15) is 29.3 Å². The first-order valence-electron chi connectivity index (χ1n) is 22.8. The minimum absolute atomic E-state index is 0.0319. The molecule has 1 aromatic carbocycles. The number of carbonyl (C=O) groups excluding carboxylic acids is 3. The summed E-state index contributed by atoms with van der Waals surface area (Å²) in [5.41, 5.74) is 2.49. The van der Waals surface area contributed by atoms with Gasteiger partial charge in [0.05, 0.1) is 29.4 Å². The molecule has 2 unspecified atom stereocenters. The maximum absolute atomic E-state index is 14.3. The zero-order valence-corrected chi connectivity index (χ0v) is 35.6. The number of ether oxygens (including phenoxy) is 1. The molecule has 16 nitrogen and oxygen atoms in total. The Balaban J connectivity index is 0.692. The van der Waals surface area contributed by atoms with Gasteiger partial charge in [0, 0.05) is 45.2 Å². The Morgan fingerprint density at radius 3 is 2.48 bits per heavy atom. The highest BCUT2D eigenvalue weighted by Gasteiger charge is 2.38. The number of imidazole rings is 1. The number of anilines is 1. The van der Waals surface area contributed by atoms with Gasteiger partial charge < -0.3 is 19.9 Å². The minimum Gasteiger partial charge on any atom is -0.371 e. The lowest BCUT2D eigenvalue weighted by molar-refractivity contribution is -0.135. The zero-order chi connectivity index (χ0) is 43.4. The number of aromatic nitrogens is 5. The summed E-state index contributed by atoms with van der Waals surface area (Å²) in [6.07, 6.45) is 11.4. The average molecular weight is 868 g/mol. The summed E-state index contributed by atoms with van der Waals surface area (Å²) in [5, 5.41) is 9.32. The molecule has 3 aromatic heterocycles.